The number of hydrogen-bond acceptors (Lipinski definition) is 4. The number of esters is 1. The average Bonchev–Trinajstić information content (AvgIpc) is 2.49. The Labute approximate surface area is 174 Å². The molecule has 0 aliphatic heterocycles. The van der Waals surface area contributed by atoms with Crippen LogP contribution in [0.1, 0.15) is 60.3 Å². The summed E-state index contributed by atoms with van der Waals surface area (Å²) in [5.74, 6) is 0.380. The normalized spacial score (nSPS) is 20.8. The SMILES string of the molecule is CN=C(NCC(=O)OC(C)(C)C)NC1CCCC(C(=O)NC(C)C)C1.I. The molecule has 3 N–H and O–H groups in total. The van der Waals surface area contributed by atoms with Crippen LogP contribution in [-0.2, 0) is 14.3 Å². The molecule has 7 nitrogen and oxygen atoms in total. The minimum atomic E-state index is -0.504. The predicted molar refractivity (Wildman–Crippen MR) is 115 cm³/mol. The molecule has 152 valence electrons. The fraction of sp³-hybridized carbons (Fsp3) is 0.833. The highest BCUT2D eigenvalue weighted by Gasteiger charge is 2.28. The minimum absolute atomic E-state index is 0. The topological polar surface area (TPSA) is 91.8 Å². The van der Waals surface area contributed by atoms with E-state index in [-0.39, 0.29) is 60.4 Å². The molecule has 1 rings (SSSR count). The molecule has 0 spiro atoms. The van der Waals surface area contributed by atoms with Gasteiger partial charge in [0.1, 0.15) is 12.1 Å². The lowest BCUT2D eigenvalue weighted by Gasteiger charge is -2.30. The molecule has 26 heavy (non-hydrogen) atoms. The molecule has 1 aliphatic rings. The quantitative estimate of drug-likeness (QED) is 0.242. The smallest absolute Gasteiger partial charge is 0.325 e. The van der Waals surface area contributed by atoms with Crippen molar-refractivity contribution in [3.8, 4) is 0 Å². The first-order valence-electron chi connectivity index (χ1n) is 9.10. The van der Waals surface area contributed by atoms with E-state index in [1.54, 1.807) is 7.05 Å². The van der Waals surface area contributed by atoms with Gasteiger partial charge in [-0.15, -0.1) is 24.0 Å². The van der Waals surface area contributed by atoms with Crippen molar-refractivity contribution in [1.29, 1.82) is 0 Å². The van der Waals surface area contributed by atoms with Crippen molar-refractivity contribution >= 4 is 41.8 Å². The summed E-state index contributed by atoms with van der Waals surface area (Å²) >= 11 is 0. The third kappa shape index (κ3) is 10.2. The highest BCUT2D eigenvalue weighted by Crippen LogP contribution is 2.24. The molecule has 1 saturated carbocycles. The monoisotopic (exact) mass is 482 g/mol. The van der Waals surface area contributed by atoms with E-state index in [0.717, 1.165) is 25.7 Å². The Balaban J connectivity index is 0.00000625. The molecule has 8 heteroatoms. The van der Waals surface area contributed by atoms with Crippen LogP contribution < -0.4 is 16.0 Å². The summed E-state index contributed by atoms with van der Waals surface area (Å²) in [5, 5.41) is 9.28. The van der Waals surface area contributed by atoms with Gasteiger partial charge in [-0.1, -0.05) is 6.42 Å². The van der Waals surface area contributed by atoms with Crippen molar-refractivity contribution < 1.29 is 14.3 Å². The highest BCUT2D eigenvalue weighted by molar-refractivity contribution is 14.0. The van der Waals surface area contributed by atoms with E-state index in [4.69, 9.17) is 4.74 Å². The number of nitrogens with one attached hydrogen (secondary N) is 3. The summed E-state index contributed by atoms with van der Waals surface area (Å²) in [5.41, 5.74) is -0.504. The lowest BCUT2D eigenvalue weighted by atomic mass is 9.85. The second-order valence-corrected chi connectivity index (χ2v) is 7.88. The second-order valence-electron chi connectivity index (χ2n) is 7.88. The van der Waals surface area contributed by atoms with Crippen LogP contribution in [-0.4, -0.2) is 49.1 Å². The standard InChI is InChI=1S/C18H34N4O3.HI/c1-12(2)21-16(24)13-8-7-9-14(10-13)22-17(19-6)20-11-15(23)25-18(3,4)5;/h12-14H,7-11H2,1-6H3,(H,21,24)(H2,19,20,22);1H. The maximum absolute atomic E-state index is 12.2. The lowest BCUT2D eigenvalue weighted by molar-refractivity contribution is -0.153. The number of halogens is 1. The molecule has 0 aromatic rings. The number of nitrogens with zero attached hydrogens (tertiary/aromatic N) is 1. The summed E-state index contributed by atoms with van der Waals surface area (Å²) in [6.07, 6.45) is 3.67. The van der Waals surface area contributed by atoms with Gasteiger partial charge in [0.05, 0.1) is 0 Å². The number of rotatable bonds is 5. The Morgan fingerprint density at radius 2 is 1.88 bits per heavy atom. The van der Waals surface area contributed by atoms with E-state index in [2.05, 4.69) is 20.9 Å². The molecule has 0 saturated heterocycles. The summed E-state index contributed by atoms with van der Waals surface area (Å²) in [4.78, 5) is 28.2. The van der Waals surface area contributed by atoms with Crippen molar-refractivity contribution in [1.82, 2.24) is 16.0 Å². The van der Waals surface area contributed by atoms with Gasteiger partial charge in [-0.05, 0) is 53.9 Å². The summed E-state index contributed by atoms with van der Waals surface area (Å²) < 4.78 is 5.27. The molecule has 2 unspecified atom stereocenters. The predicted octanol–water partition coefficient (Wildman–Crippen LogP) is 2.19. The maximum Gasteiger partial charge on any atom is 0.325 e. The molecule has 0 aromatic heterocycles. The van der Waals surface area contributed by atoms with Crippen LogP contribution in [0.2, 0.25) is 0 Å². The van der Waals surface area contributed by atoms with Crippen LogP contribution >= 0.6 is 24.0 Å². The number of amides is 1. The van der Waals surface area contributed by atoms with Crippen LogP contribution in [0.4, 0.5) is 0 Å². The fourth-order valence-electron chi connectivity index (χ4n) is 2.88. The Bertz CT molecular complexity index is 489. The van der Waals surface area contributed by atoms with Gasteiger partial charge < -0.3 is 20.7 Å². The molecular weight excluding hydrogens is 447 g/mol. The van der Waals surface area contributed by atoms with E-state index < -0.39 is 5.60 Å². The van der Waals surface area contributed by atoms with Crippen molar-refractivity contribution in [2.45, 2.75) is 78.0 Å². The molecular formula is C18H35IN4O3. The first kappa shape index (κ1) is 24.9. The largest absolute Gasteiger partial charge is 0.459 e. The fourth-order valence-corrected chi connectivity index (χ4v) is 2.88. The number of aliphatic imine (C=N–C) groups is 1. The van der Waals surface area contributed by atoms with E-state index in [9.17, 15) is 9.59 Å². The van der Waals surface area contributed by atoms with Gasteiger partial charge in [-0.2, -0.15) is 0 Å². The van der Waals surface area contributed by atoms with E-state index >= 15 is 0 Å². The van der Waals surface area contributed by atoms with E-state index in [1.165, 1.54) is 0 Å². The van der Waals surface area contributed by atoms with Gasteiger partial charge in [-0.3, -0.25) is 14.6 Å². The summed E-state index contributed by atoms with van der Waals surface area (Å²) in [7, 11) is 1.66. The Hall–Kier alpha value is -1.06. The number of hydrogen-bond donors (Lipinski definition) is 3. The minimum Gasteiger partial charge on any atom is -0.459 e. The van der Waals surface area contributed by atoms with Gasteiger partial charge >= 0.3 is 5.97 Å². The van der Waals surface area contributed by atoms with Gasteiger partial charge in [0.2, 0.25) is 5.91 Å². The number of carbonyl (C=O) groups excluding carboxylic acids is 2. The van der Waals surface area contributed by atoms with Crippen LogP contribution in [0, 0.1) is 5.92 Å². The van der Waals surface area contributed by atoms with Gasteiger partial charge in [0, 0.05) is 25.0 Å². The Kier molecular flexibility index (Phi) is 11.1. The number of guanidine groups is 1. The maximum atomic E-state index is 12.2. The summed E-state index contributed by atoms with van der Waals surface area (Å²) in [6.45, 7) is 9.51. The Morgan fingerprint density at radius 3 is 2.42 bits per heavy atom. The van der Waals surface area contributed by atoms with Crippen molar-refractivity contribution in [2.24, 2.45) is 10.9 Å². The zero-order valence-corrected chi connectivity index (χ0v) is 19.2. The molecule has 1 aliphatic carbocycles. The number of carbonyl (C=O) groups is 2. The molecule has 1 fully saturated rings. The van der Waals surface area contributed by atoms with Gasteiger partial charge in [0.25, 0.3) is 0 Å². The van der Waals surface area contributed by atoms with Gasteiger partial charge in [0.15, 0.2) is 5.96 Å². The molecule has 1 amide bonds. The van der Waals surface area contributed by atoms with Crippen LogP contribution in [0.3, 0.4) is 0 Å². The van der Waals surface area contributed by atoms with Crippen molar-refractivity contribution in [3.05, 3.63) is 0 Å². The lowest BCUT2D eigenvalue weighted by Crippen LogP contribution is -2.48. The molecule has 2 atom stereocenters. The zero-order chi connectivity index (χ0) is 19.0. The van der Waals surface area contributed by atoms with E-state index in [1.807, 2.05) is 34.6 Å². The first-order valence-corrected chi connectivity index (χ1v) is 9.10. The third-order valence-electron chi connectivity index (χ3n) is 3.86. The average molecular weight is 482 g/mol. The molecule has 0 aromatic carbocycles. The van der Waals surface area contributed by atoms with Crippen LogP contribution in [0.5, 0.6) is 0 Å². The summed E-state index contributed by atoms with van der Waals surface area (Å²) in [6, 6.07) is 0.325. The van der Waals surface area contributed by atoms with Crippen LogP contribution in [0.15, 0.2) is 4.99 Å². The van der Waals surface area contributed by atoms with Gasteiger partial charge in [-0.25, -0.2) is 0 Å². The Morgan fingerprint density at radius 1 is 1.23 bits per heavy atom. The molecule has 0 bridgehead atoms. The van der Waals surface area contributed by atoms with Crippen molar-refractivity contribution in [3.63, 3.8) is 0 Å². The number of ether oxygens (including phenoxy) is 1. The molecule has 0 radical (unpaired) electrons. The van der Waals surface area contributed by atoms with Crippen LogP contribution in [0.25, 0.3) is 0 Å². The highest BCUT2D eigenvalue weighted by atomic mass is 127. The van der Waals surface area contributed by atoms with Crippen molar-refractivity contribution in [2.75, 3.05) is 13.6 Å². The second kappa shape index (κ2) is 11.6. The third-order valence-corrected chi connectivity index (χ3v) is 3.86. The molecule has 0 heterocycles. The van der Waals surface area contributed by atoms with E-state index in [0.29, 0.717) is 5.96 Å². The zero-order valence-electron chi connectivity index (χ0n) is 16.8. The first-order chi connectivity index (χ1) is 11.6.